The molecular formula is C10H12BrF. The Morgan fingerprint density at radius 1 is 1.42 bits per heavy atom. The summed E-state index contributed by atoms with van der Waals surface area (Å²) in [5.74, 6) is 0.388. The van der Waals surface area contributed by atoms with Gasteiger partial charge in [0.1, 0.15) is 5.82 Å². The third kappa shape index (κ3) is 2.59. The van der Waals surface area contributed by atoms with Gasteiger partial charge in [0.15, 0.2) is 0 Å². The quantitative estimate of drug-likeness (QED) is 0.726. The number of hydrogen-bond donors (Lipinski definition) is 0. The summed E-state index contributed by atoms with van der Waals surface area (Å²) < 4.78 is 14.0. The molecule has 0 amide bonds. The smallest absolute Gasteiger partial charge is 0.127 e. The lowest BCUT2D eigenvalue weighted by Crippen LogP contribution is -1.96. The number of hydrogen-bond acceptors (Lipinski definition) is 0. The van der Waals surface area contributed by atoms with Crippen LogP contribution < -0.4 is 0 Å². The van der Waals surface area contributed by atoms with E-state index in [9.17, 15) is 4.39 Å². The third-order valence-corrected chi connectivity index (χ3v) is 2.14. The molecule has 0 radical (unpaired) electrons. The van der Waals surface area contributed by atoms with Crippen molar-refractivity contribution in [3.05, 3.63) is 34.1 Å². The van der Waals surface area contributed by atoms with Gasteiger partial charge < -0.3 is 0 Å². The molecule has 1 aromatic carbocycles. The van der Waals surface area contributed by atoms with Gasteiger partial charge in [0.05, 0.1) is 0 Å². The Kier molecular flexibility index (Phi) is 3.27. The van der Waals surface area contributed by atoms with Crippen LogP contribution in [-0.2, 0) is 6.42 Å². The van der Waals surface area contributed by atoms with E-state index >= 15 is 0 Å². The summed E-state index contributed by atoms with van der Waals surface area (Å²) in [4.78, 5) is 0. The summed E-state index contributed by atoms with van der Waals surface area (Å²) in [5, 5.41) is 0. The Morgan fingerprint density at radius 2 is 2.08 bits per heavy atom. The van der Waals surface area contributed by atoms with Crippen molar-refractivity contribution in [3.8, 4) is 0 Å². The average Bonchev–Trinajstić information content (AvgIpc) is 1.94. The second-order valence-electron chi connectivity index (χ2n) is 3.33. The maximum absolute atomic E-state index is 13.2. The second kappa shape index (κ2) is 4.04. The lowest BCUT2D eigenvalue weighted by molar-refractivity contribution is 0.573. The van der Waals surface area contributed by atoms with Crippen LogP contribution in [0.5, 0.6) is 0 Å². The van der Waals surface area contributed by atoms with Gasteiger partial charge in [0, 0.05) is 4.47 Å². The molecule has 0 bridgehead atoms. The van der Waals surface area contributed by atoms with Gasteiger partial charge in [0.2, 0.25) is 0 Å². The zero-order valence-electron chi connectivity index (χ0n) is 7.27. The van der Waals surface area contributed by atoms with Crippen molar-refractivity contribution >= 4 is 15.9 Å². The predicted octanol–water partition coefficient (Wildman–Crippen LogP) is 3.79. The first-order chi connectivity index (χ1) is 5.59. The molecular weight excluding hydrogens is 219 g/mol. The molecule has 1 aromatic rings. The molecule has 0 aliphatic heterocycles. The Morgan fingerprint density at radius 3 is 2.58 bits per heavy atom. The molecule has 2 heteroatoms. The van der Waals surface area contributed by atoms with E-state index < -0.39 is 0 Å². The van der Waals surface area contributed by atoms with Crippen LogP contribution in [-0.4, -0.2) is 0 Å². The molecule has 0 aromatic heterocycles. The zero-order chi connectivity index (χ0) is 9.14. The highest BCUT2D eigenvalue weighted by Gasteiger charge is 2.04. The molecule has 66 valence electrons. The largest absolute Gasteiger partial charge is 0.207 e. The van der Waals surface area contributed by atoms with Crippen LogP contribution >= 0.6 is 15.9 Å². The Labute approximate surface area is 80.9 Å². The van der Waals surface area contributed by atoms with Crippen LogP contribution in [0.2, 0.25) is 0 Å². The fourth-order valence-corrected chi connectivity index (χ4v) is 1.46. The molecule has 0 saturated carbocycles. The normalized spacial score (nSPS) is 10.8. The first-order valence-electron chi connectivity index (χ1n) is 4.03. The van der Waals surface area contributed by atoms with E-state index in [-0.39, 0.29) is 5.82 Å². The molecule has 0 nitrogen and oxygen atoms in total. The number of rotatable bonds is 2. The van der Waals surface area contributed by atoms with Crippen molar-refractivity contribution in [2.45, 2.75) is 20.3 Å². The molecule has 0 unspecified atom stereocenters. The van der Waals surface area contributed by atoms with Crippen LogP contribution in [0.3, 0.4) is 0 Å². The molecule has 0 heterocycles. The Hall–Kier alpha value is -0.370. The highest BCUT2D eigenvalue weighted by molar-refractivity contribution is 9.10. The molecule has 0 spiro atoms. The molecule has 0 N–H and O–H groups in total. The van der Waals surface area contributed by atoms with Crippen molar-refractivity contribution in [3.63, 3.8) is 0 Å². The molecule has 0 aliphatic rings. The molecule has 0 saturated heterocycles. The minimum Gasteiger partial charge on any atom is -0.207 e. The van der Waals surface area contributed by atoms with E-state index in [1.165, 1.54) is 6.07 Å². The molecule has 0 atom stereocenters. The first kappa shape index (κ1) is 9.72. The minimum absolute atomic E-state index is 0.113. The Bertz CT molecular complexity index is 269. The van der Waals surface area contributed by atoms with Crippen LogP contribution in [0.1, 0.15) is 19.4 Å². The van der Waals surface area contributed by atoms with E-state index in [1.54, 1.807) is 0 Å². The van der Waals surface area contributed by atoms with Crippen molar-refractivity contribution in [1.82, 2.24) is 0 Å². The highest BCUT2D eigenvalue weighted by atomic mass is 79.9. The summed E-state index contributed by atoms with van der Waals surface area (Å²) in [5.41, 5.74) is 0.799. The van der Waals surface area contributed by atoms with E-state index in [0.717, 1.165) is 16.5 Å². The van der Waals surface area contributed by atoms with Gasteiger partial charge in [-0.15, -0.1) is 0 Å². The lowest BCUT2D eigenvalue weighted by Gasteiger charge is -2.05. The summed E-state index contributed by atoms with van der Waals surface area (Å²) in [7, 11) is 0. The van der Waals surface area contributed by atoms with Gasteiger partial charge in [-0.05, 0) is 30.0 Å². The molecule has 1 rings (SSSR count). The van der Waals surface area contributed by atoms with Crippen molar-refractivity contribution in [2.75, 3.05) is 0 Å². The minimum atomic E-state index is -0.113. The van der Waals surface area contributed by atoms with Crippen LogP contribution in [0, 0.1) is 11.7 Å². The lowest BCUT2D eigenvalue weighted by atomic mass is 10.0. The zero-order valence-corrected chi connectivity index (χ0v) is 8.86. The fraction of sp³-hybridized carbons (Fsp3) is 0.400. The number of benzene rings is 1. The standard InChI is InChI=1S/C10H12BrF/c1-7(2)5-8-3-4-9(11)6-10(8)12/h3-4,6-7H,5H2,1-2H3. The van der Waals surface area contributed by atoms with Gasteiger partial charge in [-0.2, -0.15) is 0 Å². The van der Waals surface area contributed by atoms with Crippen LogP contribution in [0.25, 0.3) is 0 Å². The van der Waals surface area contributed by atoms with E-state index in [1.807, 2.05) is 12.1 Å². The fourth-order valence-electron chi connectivity index (χ4n) is 1.13. The molecule has 0 aliphatic carbocycles. The predicted molar refractivity (Wildman–Crippen MR) is 52.6 cm³/mol. The van der Waals surface area contributed by atoms with Crippen LogP contribution in [0.4, 0.5) is 4.39 Å². The van der Waals surface area contributed by atoms with Gasteiger partial charge in [-0.25, -0.2) is 4.39 Å². The average molecular weight is 231 g/mol. The number of halogens is 2. The monoisotopic (exact) mass is 230 g/mol. The summed E-state index contributed by atoms with van der Waals surface area (Å²) in [6.45, 7) is 4.17. The van der Waals surface area contributed by atoms with Crippen molar-refractivity contribution in [2.24, 2.45) is 5.92 Å². The molecule has 12 heavy (non-hydrogen) atoms. The Balaban J connectivity index is 2.86. The van der Waals surface area contributed by atoms with E-state index in [0.29, 0.717) is 5.92 Å². The molecule has 0 fully saturated rings. The van der Waals surface area contributed by atoms with Crippen LogP contribution in [0.15, 0.2) is 22.7 Å². The first-order valence-corrected chi connectivity index (χ1v) is 4.83. The van der Waals surface area contributed by atoms with Gasteiger partial charge in [0.25, 0.3) is 0 Å². The maximum Gasteiger partial charge on any atom is 0.127 e. The van der Waals surface area contributed by atoms with Gasteiger partial charge in [-0.3, -0.25) is 0 Å². The maximum atomic E-state index is 13.2. The SMILES string of the molecule is CC(C)Cc1ccc(Br)cc1F. The van der Waals surface area contributed by atoms with Crippen molar-refractivity contribution in [1.29, 1.82) is 0 Å². The third-order valence-electron chi connectivity index (χ3n) is 1.64. The van der Waals surface area contributed by atoms with E-state index in [4.69, 9.17) is 0 Å². The van der Waals surface area contributed by atoms with Gasteiger partial charge in [-0.1, -0.05) is 35.8 Å². The summed E-state index contributed by atoms with van der Waals surface area (Å²) >= 11 is 3.22. The van der Waals surface area contributed by atoms with Gasteiger partial charge >= 0.3 is 0 Å². The topological polar surface area (TPSA) is 0 Å². The summed E-state index contributed by atoms with van der Waals surface area (Å²) in [6, 6.07) is 5.22. The second-order valence-corrected chi connectivity index (χ2v) is 4.25. The van der Waals surface area contributed by atoms with E-state index in [2.05, 4.69) is 29.8 Å². The summed E-state index contributed by atoms with van der Waals surface area (Å²) in [6.07, 6.45) is 0.805. The highest BCUT2D eigenvalue weighted by Crippen LogP contribution is 2.17. The van der Waals surface area contributed by atoms with Crippen molar-refractivity contribution < 1.29 is 4.39 Å².